The molecule has 2 heterocycles. The quantitative estimate of drug-likeness (QED) is 0.584. The first-order valence-electron chi connectivity index (χ1n) is 11.3. The predicted octanol–water partition coefficient (Wildman–Crippen LogP) is 4.31. The summed E-state index contributed by atoms with van der Waals surface area (Å²) in [7, 11) is 0. The van der Waals surface area contributed by atoms with E-state index in [1.165, 1.54) is 0 Å². The number of hydrogen-bond acceptors (Lipinski definition) is 3. The van der Waals surface area contributed by atoms with Gasteiger partial charge in [0.1, 0.15) is 0 Å². The second kappa shape index (κ2) is 8.58. The van der Waals surface area contributed by atoms with Crippen LogP contribution in [0.2, 0.25) is 0 Å². The van der Waals surface area contributed by atoms with Gasteiger partial charge in [0.05, 0.1) is 11.6 Å². The molecule has 5 heteroatoms. The molecule has 2 aliphatic heterocycles. The van der Waals surface area contributed by atoms with Gasteiger partial charge in [0, 0.05) is 42.9 Å². The molecule has 1 atom stereocenters. The van der Waals surface area contributed by atoms with Crippen molar-refractivity contribution in [2.45, 2.75) is 19.3 Å². The van der Waals surface area contributed by atoms with Gasteiger partial charge >= 0.3 is 0 Å². The van der Waals surface area contributed by atoms with Crippen molar-refractivity contribution < 1.29 is 14.4 Å². The third-order valence-electron chi connectivity index (χ3n) is 6.77. The van der Waals surface area contributed by atoms with E-state index in [9.17, 15) is 14.4 Å². The average Bonchev–Trinajstić information content (AvgIpc) is 3.24. The van der Waals surface area contributed by atoms with E-state index in [-0.39, 0.29) is 35.9 Å². The molecular formula is C27H26N2O3. The summed E-state index contributed by atoms with van der Waals surface area (Å²) in [6.07, 6.45) is 1.59. The Morgan fingerprint density at radius 1 is 0.781 bits per heavy atom. The van der Waals surface area contributed by atoms with Crippen molar-refractivity contribution in [2.75, 3.05) is 24.5 Å². The molecule has 0 saturated carbocycles. The van der Waals surface area contributed by atoms with Gasteiger partial charge in [-0.05, 0) is 24.3 Å². The highest BCUT2D eigenvalue weighted by Crippen LogP contribution is 2.33. The molecule has 1 unspecified atom stereocenters. The fourth-order valence-corrected chi connectivity index (χ4v) is 5.01. The zero-order valence-electron chi connectivity index (χ0n) is 17.9. The van der Waals surface area contributed by atoms with Crippen LogP contribution in [0.15, 0.2) is 72.8 Å². The Labute approximate surface area is 187 Å². The molecule has 2 saturated heterocycles. The summed E-state index contributed by atoms with van der Waals surface area (Å²) in [6, 6.07) is 23.3. The van der Waals surface area contributed by atoms with Crippen molar-refractivity contribution >= 4 is 34.1 Å². The van der Waals surface area contributed by atoms with Crippen LogP contribution in [0, 0.1) is 11.8 Å². The number of amides is 2. The van der Waals surface area contributed by atoms with Crippen LogP contribution in [-0.4, -0.2) is 42.1 Å². The highest BCUT2D eigenvalue weighted by molar-refractivity contribution is 6.07. The average molecular weight is 427 g/mol. The van der Waals surface area contributed by atoms with E-state index in [1.807, 2.05) is 77.7 Å². The topological polar surface area (TPSA) is 57.7 Å². The van der Waals surface area contributed by atoms with E-state index in [0.717, 1.165) is 22.0 Å². The maximum absolute atomic E-state index is 13.2. The van der Waals surface area contributed by atoms with Crippen LogP contribution in [0.5, 0.6) is 0 Å². The minimum absolute atomic E-state index is 0.00570. The Morgan fingerprint density at radius 2 is 1.47 bits per heavy atom. The Bertz CT molecular complexity index is 1160. The predicted molar refractivity (Wildman–Crippen MR) is 124 cm³/mol. The lowest BCUT2D eigenvalue weighted by atomic mass is 9.88. The Balaban J connectivity index is 1.24. The van der Waals surface area contributed by atoms with E-state index in [4.69, 9.17) is 0 Å². The number of likely N-dealkylation sites (tertiary alicyclic amines) is 1. The van der Waals surface area contributed by atoms with Gasteiger partial charge in [0.25, 0.3) is 0 Å². The highest BCUT2D eigenvalue weighted by atomic mass is 16.2. The number of ketones is 1. The van der Waals surface area contributed by atoms with E-state index < -0.39 is 0 Å². The SMILES string of the molecule is O=C(c1ccccc1)C1CCN(C(=O)C2CC(=O)N(c3cccc4ccccc34)C2)CC1. The third-order valence-corrected chi connectivity index (χ3v) is 6.77. The second-order valence-corrected chi connectivity index (χ2v) is 8.73. The molecule has 2 fully saturated rings. The van der Waals surface area contributed by atoms with Gasteiger partial charge in [0.15, 0.2) is 5.78 Å². The molecule has 32 heavy (non-hydrogen) atoms. The molecular weight excluding hydrogens is 400 g/mol. The van der Waals surface area contributed by atoms with Crippen molar-refractivity contribution in [1.82, 2.24) is 4.90 Å². The number of fused-ring (bicyclic) bond motifs is 1. The minimum atomic E-state index is -0.331. The van der Waals surface area contributed by atoms with Crippen molar-refractivity contribution in [2.24, 2.45) is 11.8 Å². The fourth-order valence-electron chi connectivity index (χ4n) is 5.01. The maximum atomic E-state index is 13.2. The highest BCUT2D eigenvalue weighted by Gasteiger charge is 2.39. The maximum Gasteiger partial charge on any atom is 0.228 e. The molecule has 5 rings (SSSR count). The van der Waals surface area contributed by atoms with Gasteiger partial charge in [0.2, 0.25) is 11.8 Å². The lowest BCUT2D eigenvalue weighted by Gasteiger charge is -2.33. The third kappa shape index (κ3) is 3.79. The number of hydrogen-bond donors (Lipinski definition) is 0. The van der Waals surface area contributed by atoms with Crippen LogP contribution in [0.4, 0.5) is 5.69 Å². The monoisotopic (exact) mass is 426 g/mol. The van der Waals surface area contributed by atoms with Crippen LogP contribution >= 0.6 is 0 Å². The summed E-state index contributed by atoms with van der Waals surface area (Å²) in [5.41, 5.74) is 1.61. The number of rotatable bonds is 4. The second-order valence-electron chi connectivity index (χ2n) is 8.73. The number of Topliss-reactive ketones (excluding diaryl/α,β-unsaturated/α-hetero) is 1. The summed E-state index contributed by atoms with van der Waals surface area (Å²) in [4.78, 5) is 42.4. The molecule has 5 nitrogen and oxygen atoms in total. The van der Waals surface area contributed by atoms with E-state index in [2.05, 4.69) is 0 Å². The first-order chi connectivity index (χ1) is 15.6. The van der Waals surface area contributed by atoms with Gasteiger partial charge in [-0.25, -0.2) is 0 Å². The number of carbonyl (C=O) groups is 3. The number of benzene rings is 3. The summed E-state index contributed by atoms with van der Waals surface area (Å²) in [6.45, 7) is 1.55. The molecule has 162 valence electrons. The van der Waals surface area contributed by atoms with Crippen LogP contribution in [0.3, 0.4) is 0 Å². The van der Waals surface area contributed by atoms with Crippen molar-refractivity contribution in [3.8, 4) is 0 Å². The van der Waals surface area contributed by atoms with Gasteiger partial charge in [-0.15, -0.1) is 0 Å². The molecule has 0 aliphatic carbocycles. The smallest absolute Gasteiger partial charge is 0.228 e. The standard InChI is InChI=1S/C27H26N2O3/c30-25-17-22(18-29(25)24-12-6-10-19-7-4-5-11-23(19)24)27(32)28-15-13-21(14-16-28)26(31)20-8-2-1-3-9-20/h1-12,21-22H,13-18H2. The van der Waals surface area contributed by atoms with E-state index in [1.54, 1.807) is 4.90 Å². The molecule has 2 amide bonds. The van der Waals surface area contributed by atoms with Crippen molar-refractivity contribution in [3.05, 3.63) is 78.4 Å². The number of nitrogens with zero attached hydrogens (tertiary/aromatic N) is 2. The summed E-state index contributed by atoms with van der Waals surface area (Å²) in [5.74, 6) is -0.182. The Kier molecular flexibility index (Phi) is 5.48. The number of piperidine rings is 1. The largest absolute Gasteiger partial charge is 0.342 e. The molecule has 2 aliphatic rings. The first kappa shape index (κ1) is 20.4. The van der Waals surface area contributed by atoms with Gasteiger partial charge in [-0.1, -0.05) is 66.7 Å². The first-order valence-corrected chi connectivity index (χ1v) is 11.3. The summed E-state index contributed by atoms with van der Waals surface area (Å²) >= 11 is 0. The number of carbonyl (C=O) groups excluding carboxylic acids is 3. The summed E-state index contributed by atoms with van der Waals surface area (Å²) < 4.78 is 0. The normalized spacial score (nSPS) is 19.5. The Morgan fingerprint density at radius 3 is 2.25 bits per heavy atom. The molecule has 3 aromatic carbocycles. The van der Waals surface area contributed by atoms with E-state index >= 15 is 0 Å². The van der Waals surface area contributed by atoms with Crippen molar-refractivity contribution in [3.63, 3.8) is 0 Å². The lowest BCUT2D eigenvalue weighted by Crippen LogP contribution is -2.43. The molecule has 0 aromatic heterocycles. The van der Waals surface area contributed by atoms with Gasteiger partial charge in [-0.2, -0.15) is 0 Å². The molecule has 0 radical (unpaired) electrons. The van der Waals surface area contributed by atoms with Crippen LogP contribution in [0.25, 0.3) is 10.8 Å². The molecule has 0 N–H and O–H groups in total. The summed E-state index contributed by atoms with van der Waals surface area (Å²) in [5, 5.41) is 2.11. The molecule has 0 spiro atoms. The van der Waals surface area contributed by atoms with Crippen molar-refractivity contribution in [1.29, 1.82) is 0 Å². The van der Waals surface area contributed by atoms with Crippen LogP contribution in [-0.2, 0) is 9.59 Å². The van der Waals surface area contributed by atoms with Crippen LogP contribution in [0.1, 0.15) is 29.6 Å². The molecule has 0 bridgehead atoms. The van der Waals surface area contributed by atoms with Gasteiger partial charge in [-0.3, -0.25) is 14.4 Å². The zero-order chi connectivity index (χ0) is 22.1. The fraction of sp³-hybridized carbons (Fsp3) is 0.296. The van der Waals surface area contributed by atoms with Gasteiger partial charge < -0.3 is 9.80 Å². The Hall–Kier alpha value is -3.47. The van der Waals surface area contributed by atoms with E-state index in [0.29, 0.717) is 32.5 Å². The zero-order valence-corrected chi connectivity index (χ0v) is 17.9. The molecule has 3 aromatic rings. The van der Waals surface area contributed by atoms with Crippen LogP contribution < -0.4 is 4.90 Å². The minimum Gasteiger partial charge on any atom is -0.342 e. The lowest BCUT2D eigenvalue weighted by molar-refractivity contribution is -0.137. The number of anilines is 1.